The van der Waals surface area contributed by atoms with Gasteiger partial charge in [-0.2, -0.15) is 0 Å². The van der Waals surface area contributed by atoms with Gasteiger partial charge >= 0.3 is 0 Å². The molecule has 0 spiro atoms. The summed E-state index contributed by atoms with van der Waals surface area (Å²) in [6, 6.07) is 6.13. The first-order valence-corrected chi connectivity index (χ1v) is 6.68. The Bertz CT molecular complexity index is 382. The highest BCUT2D eigenvalue weighted by Gasteiger charge is 2.09. The summed E-state index contributed by atoms with van der Waals surface area (Å²) in [5, 5.41) is 0. The van der Waals surface area contributed by atoms with Crippen molar-refractivity contribution >= 4 is 0 Å². The van der Waals surface area contributed by atoms with E-state index in [9.17, 15) is 0 Å². The molecular formula is C15H25NO3. The number of hydrogen-bond acceptors (Lipinski definition) is 4. The molecule has 19 heavy (non-hydrogen) atoms. The number of hydrogen-bond donors (Lipinski definition) is 1. The van der Waals surface area contributed by atoms with E-state index < -0.39 is 0 Å². The highest BCUT2D eigenvalue weighted by molar-refractivity contribution is 5.43. The van der Waals surface area contributed by atoms with E-state index in [1.807, 2.05) is 25.1 Å². The Morgan fingerprint density at radius 3 is 2.53 bits per heavy atom. The van der Waals surface area contributed by atoms with Crippen molar-refractivity contribution < 1.29 is 14.2 Å². The van der Waals surface area contributed by atoms with E-state index in [1.54, 1.807) is 14.2 Å². The summed E-state index contributed by atoms with van der Waals surface area (Å²) in [4.78, 5) is 0. The first kappa shape index (κ1) is 15.8. The van der Waals surface area contributed by atoms with Crippen molar-refractivity contribution in [1.82, 2.24) is 0 Å². The lowest BCUT2D eigenvalue weighted by molar-refractivity contribution is 0.0705. The van der Waals surface area contributed by atoms with Crippen LogP contribution in [0.1, 0.15) is 25.8 Å². The molecule has 108 valence electrons. The molecule has 0 aromatic heterocycles. The molecule has 1 aromatic carbocycles. The molecule has 0 amide bonds. The minimum atomic E-state index is 0.0475. The summed E-state index contributed by atoms with van der Waals surface area (Å²) in [5.41, 5.74) is 7.14. The monoisotopic (exact) mass is 267 g/mol. The van der Waals surface area contributed by atoms with Crippen molar-refractivity contribution in [2.24, 2.45) is 5.73 Å². The van der Waals surface area contributed by atoms with Gasteiger partial charge in [-0.3, -0.25) is 0 Å². The van der Waals surface area contributed by atoms with Gasteiger partial charge in [0.15, 0.2) is 11.5 Å². The van der Waals surface area contributed by atoms with Crippen LogP contribution in [0, 0.1) is 0 Å². The maximum absolute atomic E-state index is 5.98. The van der Waals surface area contributed by atoms with Gasteiger partial charge in [0.1, 0.15) is 6.61 Å². The first-order chi connectivity index (χ1) is 9.10. The van der Waals surface area contributed by atoms with Crippen LogP contribution in [0.25, 0.3) is 0 Å². The summed E-state index contributed by atoms with van der Waals surface area (Å²) in [6.07, 6.45) is 1.85. The van der Waals surface area contributed by atoms with E-state index in [-0.39, 0.29) is 12.1 Å². The fraction of sp³-hybridized carbons (Fsp3) is 0.600. The molecular weight excluding hydrogens is 242 g/mol. The van der Waals surface area contributed by atoms with Crippen LogP contribution in [-0.2, 0) is 11.2 Å². The number of methoxy groups -OCH3 is 2. The molecule has 2 N–H and O–H groups in total. The highest BCUT2D eigenvalue weighted by atomic mass is 16.5. The Morgan fingerprint density at radius 1 is 1.21 bits per heavy atom. The normalized spacial score (nSPS) is 13.9. The molecule has 0 saturated carbocycles. The molecule has 0 heterocycles. The zero-order valence-corrected chi connectivity index (χ0v) is 12.3. The van der Waals surface area contributed by atoms with Crippen LogP contribution in [-0.4, -0.2) is 33.0 Å². The maximum atomic E-state index is 5.98. The molecule has 4 nitrogen and oxygen atoms in total. The van der Waals surface area contributed by atoms with Crippen LogP contribution in [0.4, 0.5) is 0 Å². The van der Waals surface area contributed by atoms with E-state index in [1.165, 1.54) is 0 Å². The lowest BCUT2D eigenvalue weighted by Gasteiger charge is -2.16. The molecule has 0 fully saturated rings. The Labute approximate surface area is 115 Å². The van der Waals surface area contributed by atoms with Crippen LogP contribution in [0.2, 0.25) is 0 Å². The molecule has 2 atom stereocenters. The van der Waals surface area contributed by atoms with Gasteiger partial charge in [-0.05, 0) is 37.5 Å². The maximum Gasteiger partial charge on any atom is 0.161 e. The van der Waals surface area contributed by atoms with Gasteiger partial charge in [0.2, 0.25) is 0 Å². The quantitative estimate of drug-likeness (QED) is 0.785. The zero-order valence-electron chi connectivity index (χ0n) is 12.3. The molecule has 0 aliphatic carbocycles. The van der Waals surface area contributed by atoms with Crippen molar-refractivity contribution in [2.45, 2.75) is 38.8 Å². The molecule has 2 unspecified atom stereocenters. The Balaban J connectivity index is 2.77. The summed E-state index contributed by atoms with van der Waals surface area (Å²) in [7, 11) is 3.31. The van der Waals surface area contributed by atoms with E-state index in [0.717, 1.165) is 29.9 Å². The van der Waals surface area contributed by atoms with Crippen LogP contribution < -0.4 is 15.2 Å². The van der Waals surface area contributed by atoms with Gasteiger partial charge in [-0.1, -0.05) is 13.0 Å². The van der Waals surface area contributed by atoms with E-state index in [0.29, 0.717) is 6.61 Å². The molecule has 4 heteroatoms. The summed E-state index contributed by atoms with van der Waals surface area (Å²) in [5.74, 6) is 1.48. The number of rotatable bonds is 8. The Kier molecular flexibility index (Phi) is 6.67. The minimum Gasteiger partial charge on any atom is -0.493 e. The van der Waals surface area contributed by atoms with Gasteiger partial charge in [-0.15, -0.1) is 0 Å². The third-order valence-corrected chi connectivity index (χ3v) is 3.13. The summed E-state index contributed by atoms with van der Waals surface area (Å²) in [6.45, 7) is 4.55. The van der Waals surface area contributed by atoms with Gasteiger partial charge < -0.3 is 19.9 Å². The number of nitrogens with two attached hydrogens (primary N) is 1. The Hall–Kier alpha value is -1.26. The largest absolute Gasteiger partial charge is 0.493 e. The fourth-order valence-electron chi connectivity index (χ4n) is 1.68. The Morgan fingerprint density at radius 2 is 1.95 bits per heavy atom. The molecule has 0 aliphatic heterocycles. The predicted octanol–water partition coefficient (Wildman–Crippen LogP) is 2.39. The van der Waals surface area contributed by atoms with Gasteiger partial charge in [0, 0.05) is 13.2 Å². The lowest BCUT2D eigenvalue weighted by Crippen LogP contribution is -2.21. The van der Waals surface area contributed by atoms with Crippen molar-refractivity contribution in [3.63, 3.8) is 0 Å². The van der Waals surface area contributed by atoms with Crippen molar-refractivity contribution in [3.8, 4) is 11.5 Å². The first-order valence-electron chi connectivity index (χ1n) is 6.68. The second-order valence-electron chi connectivity index (χ2n) is 4.71. The zero-order chi connectivity index (χ0) is 14.3. The average Bonchev–Trinajstić information content (AvgIpc) is 2.44. The standard InChI is InChI=1S/C15H25NO3/c1-5-13(16)8-12-6-7-14(18-4)15(9-12)19-10-11(2)17-3/h6-7,9,11,13H,5,8,10,16H2,1-4H3. The van der Waals surface area contributed by atoms with Crippen LogP contribution in [0.3, 0.4) is 0 Å². The number of ether oxygens (including phenoxy) is 3. The molecule has 0 bridgehead atoms. The van der Waals surface area contributed by atoms with Crippen LogP contribution in [0.5, 0.6) is 11.5 Å². The smallest absolute Gasteiger partial charge is 0.161 e. The topological polar surface area (TPSA) is 53.7 Å². The van der Waals surface area contributed by atoms with Crippen molar-refractivity contribution in [1.29, 1.82) is 0 Å². The molecule has 0 radical (unpaired) electrons. The van der Waals surface area contributed by atoms with E-state index >= 15 is 0 Å². The predicted molar refractivity (Wildman–Crippen MR) is 76.9 cm³/mol. The molecule has 1 aromatic rings. The van der Waals surface area contributed by atoms with E-state index in [4.69, 9.17) is 19.9 Å². The minimum absolute atomic E-state index is 0.0475. The van der Waals surface area contributed by atoms with Crippen LogP contribution >= 0.6 is 0 Å². The lowest BCUT2D eigenvalue weighted by atomic mass is 10.0. The second-order valence-corrected chi connectivity index (χ2v) is 4.71. The number of benzene rings is 1. The molecule has 0 aliphatic rings. The molecule has 0 saturated heterocycles. The van der Waals surface area contributed by atoms with Crippen LogP contribution in [0.15, 0.2) is 18.2 Å². The average molecular weight is 267 g/mol. The van der Waals surface area contributed by atoms with Crippen molar-refractivity contribution in [3.05, 3.63) is 23.8 Å². The summed E-state index contributed by atoms with van der Waals surface area (Å²) < 4.78 is 16.2. The highest BCUT2D eigenvalue weighted by Crippen LogP contribution is 2.28. The SMILES string of the molecule is CCC(N)Cc1ccc(OC)c(OCC(C)OC)c1. The molecule has 1 rings (SSSR count). The third-order valence-electron chi connectivity index (χ3n) is 3.13. The van der Waals surface area contributed by atoms with Crippen molar-refractivity contribution in [2.75, 3.05) is 20.8 Å². The van der Waals surface area contributed by atoms with E-state index in [2.05, 4.69) is 6.92 Å². The second kappa shape index (κ2) is 8.02. The fourth-order valence-corrected chi connectivity index (χ4v) is 1.68. The summed E-state index contributed by atoms with van der Waals surface area (Å²) >= 11 is 0. The van der Waals surface area contributed by atoms with Gasteiger partial charge in [-0.25, -0.2) is 0 Å². The third kappa shape index (κ3) is 5.09. The van der Waals surface area contributed by atoms with Gasteiger partial charge in [0.05, 0.1) is 13.2 Å². The van der Waals surface area contributed by atoms with Gasteiger partial charge in [0.25, 0.3) is 0 Å².